The standard InChI is InChI=1S/C12H19NO7/c1-5-10(19-7(3)15)9(13-6(2)14)11(12(17)18-5)20-8(4)16/h5,9-12,17H,1-4H3,(H,13,14)/t5-,9+,10-,11-,12-/m1/s1. The zero-order valence-corrected chi connectivity index (χ0v) is 11.8. The third-order valence-electron chi connectivity index (χ3n) is 2.78. The Morgan fingerprint density at radius 3 is 2.00 bits per heavy atom. The molecule has 1 aliphatic rings. The first-order chi connectivity index (χ1) is 9.22. The lowest BCUT2D eigenvalue weighted by Gasteiger charge is -2.42. The molecule has 0 aromatic carbocycles. The molecule has 2 N–H and O–H groups in total. The Balaban J connectivity index is 3.01. The van der Waals surface area contributed by atoms with Crippen molar-refractivity contribution in [3.63, 3.8) is 0 Å². The summed E-state index contributed by atoms with van der Waals surface area (Å²) in [6.45, 7) is 5.22. The summed E-state index contributed by atoms with van der Waals surface area (Å²) in [6, 6.07) is -0.890. The van der Waals surface area contributed by atoms with E-state index in [1.165, 1.54) is 13.8 Å². The van der Waals surface area contributed by atoms with E-state index >= 15 is 0 Å². The Bertz CT molecular complexity index is 369. The van der Waals surface area contributed by atoms with Crippen LogP contribution in [0.25, 0.3) is 0 Å². The summed E-state index contributed by atoms with van der Waals surface area (Å²) in [5.41, 5.74) is 0. The zero-order valence-electron chi connectivity index (χ0n) is 11.8. The van der Waals surface area contributed by atoms with E-state index in [0.717, 1.165) is 6.92 Å². The van der Waals surface area contributed by atoms with Crippen molar-refractivity contribution in [2.24, 2.45) is 0 Å². The van der Waals surface area contributed by atoms with Gasteiger partial charge in [0.15, 0.2) is 18.5 Å². The average molecular weight is 289 g/mol. The lowest BCUT2D eigenvalue weighted by Crippen LogP contribution is -2.65. The minimum atomic E-state index is -1.42. The fourth-order valence-electron chi connectivity index (χ4n) is 2.11. The van der Waals surface area contributed by atoms with Crippen LogP contribution in [0, 0.1) is 0 Å². The maximum absolute atomic E-state index is 11.3. The van der Waals surface area contributed by atoms with Gasteiger partial charge in [0.25, 0.3) is 0 Å². The highest BCUT2D eigenvalue weighted by atomic mass is 16.7. The van der Waals surface area contributed by atoms with E-state index in [4.69, 9.17) is 14.2 Å². The number of carbonyl (C=O) groups excluding carboxylic acids is 3. The van der Waals surface area contributed by atoms with Gasteiger partial charge >= 0.3 is 11.9 Å². The minimum Gasteiger partial charge on any atom is -0.457 e. The Kier molecular flexibility index (Phi) is 5.46. The molecule has 1 aliphatic heterocycles. The fourth-order valence-corrected chi connectivity index (χ4v) is 2.11. The van der Waals surface area contributed by atoms with Gasteiger partial charge in [-0.05, 0) is 6.92 Å². The number of carbonyl (C=O) groups is 3. The molecule has 114 valence electrons. The van der Waals surface area contributed by atoms with E-state index in [2.05, 4.69) is 5.32 Å². The van der Waals surface area contributed by atoms with E-state index in [1.54, 1.807) is 6.92 Å². The number of nitrogens with one attached hydrogen (secondary N) is 1. The number of aliphatic hydroxyl groups excluding tert-OH is 1. The largest absolute Gasteiger partial charge is 0.457 e. The highest BCUT2D eigenvalue weighted by Gasteiger charge is 2.48. The zero-order chi connectivity index (χ0) is 15.4. The average Bonchev–Trinajstić information content (AvgIpc) is 2.27. The van der Waals surface area contributed by atoms with Gasteiger partial charge in [0.1, 0.15) is 6.04 Å². The number of ether oxygens (including phenoxy) is 3. The van der Waals surface area contributed by atoms with Crippen molar-refractivity contribution in [2.45, 2.75) is 58.3 Å². The third-order valence-corrected chi connectivity index (χ3v) is 2.78. The first-order valence-corrected chi connectivity index (χ1v) is 6.17. The van der Waals surface area contributed by atoms with Gasteiger partial charge in [0.2, 0.25) is 5.91 Å². The molecule has 20 heavy (non-hydrogen) atoms. The van der Waals surface area contributed by atoms with Crippen LogP contribution in [-0.4, -0.2) is 53.6 Å². The van der Waals surface area contributed by atoms with Crippen molar-refractivity contribution >= 4 is 17.8 Å². The number of esters is 2. The van der Waals surface area contributed by atoms with E-state index in [9.17, 15) is 19.5 Å². The van der Waals surface area contributed by atoms with Crippen molar-refractivity contribution in [3.05, 3.63) is 0 Å². The molecule has 0 aliphatic carbocycles. The molecule has 8 heteroatoms. The van der Waals surface area contributed by atoms with Crippen LogP contribution in [0.3, 0.4) is 0 Å². The van der Waals surface area contributed by atoms with E-state index in [1.807, 2.05) is 0 Å². The molecule has 1 amide bonds. The quantitative estimate of drug-likeness (QED) is 0.647. The van der Waals surface area contributed by atoms with Crippen LogP contribution >= 0.6 is 0 Å². The van der Waals surface area contributed by atoms with Crippen LogP contribution in [-0.2, 0) is 28.6 Å². The van der Waals surface area contributed by atoms with Crippen LogP contribution < -0.4 is 5.32 Å². The Hall–Kier alpha value is -1.67. The molecule has 0 aromatic rings. The number of rotatable bonds is 3. The van der Waals surface area contributed by atoms with Gasteiger partial charge in [-0.1, -0.05) is 0 Å². The monoisotopic (exact) mass is 289 g/mol. The topological polar surface area (TPSA) is 111 Å². The smallest absolute Gasteiger partial charge is 0.303 e. The molecule has 1 fully saturated rings. The fraction of sp³-hybridized carbons (Fsp3) is 0.750. The van der Waals surface area contributed by atoms with Gasteiger partial charge in [0.05, 0.1) is 6.10 Å². The van der Waals surface area contributed by atoms with E-state index in [-0.39, 0.29) is 0 Å². The second-order valence-electron chi connectivity index (χ2n) is 4.61. The predicted octanol–water partition coefficient (Wildman–Crippen LogP) is -0.908. The molecule has 0 radical (unpaired) electrons. The number of amides is 1. The first kappa shape index (κ1) is 16.4. The van der Waals surface area contributed by atoms with Crippen molar-refractivity contribution in [3.8, 4) is 0 Å². The van der Waals surface area contributed by atoms with Crippen molar-refractivity contribution in [1.82, 2.24) is 5.32 Å². The molecule has 0 aromatic heterocycles. The highest BCUT2D eigenvalue weighted by molar-refractivity contribution is 5.74. The molecular formula is C12H19NO7. The molecule has 1 saturated heterocycles. The van der Waals surface area contributed by atoms with Crippen LogP contribution in [0.15, 0.2) is 0 Å². The van der Waals surface area contributed by atoms with E-state index in [0.29, 0.717) is 0 Å². The van der Waals surface area contributed by atoms with Crippen molar-refractivity contribution in [2.75, 3.05) is 0 Å². The normalized spacial score (nSPS) is 33.1. The minimum absolute atomic E-state index is 0.411. The molecule has 0 saturated carbocycles. The molecule has 8 nitrogen and oxygen atoms in total. The molecular weight excluding hydrogens is 270 g/mol. The van der Waals surface area contributed by atoms with Crippen LogP contribution in [0.2, 0.25) is 0 Å². The number of hydrogen-bond donors (Lipinski definition) is 2. The highest BCUT2D eigenvalue weighted by Crippen LogP contribution is 2.25. The summed E-state index contributed by atoms with van der Waals surface area (Å²) in [7, 11) is 0. The van der Waals surface area contributed by atoms with Gasteiger partial charge < -0.3 is 24.6 Å². The Morgan fingerprint density at radius 2 is 1.55 bits per heavy atom. The van der Waals surface area contributed by atoms with Gasteiger partial charge in [0, 0.05) is 20.8 Å². The van der Waals surface area contributed by atoms with Crippen LogP contribution in [0.5, 0.6) is 0 Å². The van der Waals surface area contributed by atoms with Crippen molar-refractivity contribution < 1.29 is 33.7 Å². The summed E-state index contributed by atoms with van der Waals surface area (Å²) >= 11 is 0. The summed E-state index contributed by atoms with van der Waals surface area (Å²) in [4.78, 5) is 33.5. The Labute approximate surface area is 116 Å². The Morgan fingerprint density at radius 1 is 1.05 bits per heavy atom. The maximum atomic E-state index is 11.3. The predicted molar refractivity (Wildman–Crippen MR) is 65.3 cm³/mol. The second kappa shape index (κ2) is 6.67. The van der Waals surface area contributed by atoms with E-state index < -0.39 is 48.5 Å². The molecule has 5 atom stereocenters. The van der Waals surface area contributed by atoms with Crippen molar-refractivity contribution in [1.29, 1.82) is 0 Å². The maximum Gasteiger partial charge on any atom is 0.303 e. The van der Waals surface area contributed by atoms with Crippen LogP contribution in [0.1, 0.15) is 27.7 Å². The lowest BCUT2D eigenvalue weighted by molar-refractivity contribution is -0.261. The van der Waals surface area contributed by atoms with Gasteiger partial charge in [-0.3, -0.25) is 14.4 Å². The molecule has 1 rings (SSSR count). The number of aliphatic hydroxyl groups is 1. The molecule has 0 unspecified atom stereocenters. The summed E-state index contributed by atoms with van der Waals surface area (Å²) in [5.74, 6) is -1.63. The summed E-state index contributed by atoms with van der Waals surface area (Å²) in [5, 5.41) is 12.4. The SMILES string of the molecule is CC(=O)N[C@@H]1[C@@H](OC(C)=O)[C@H](O)O[C@H](C)[C@H]1OC(C)=O. The number of hydrogen-bond acceptors (Lipinski definition) is 7. The lowest BCUT2D eigenvalue weighted by atomic mass is 9.96. The summed E-state index contributed by atoms with van der Waals surface area (Å²) < 4.78 is 15.2. The van der Waals surface area contributed by atoms with Gasteiger partial charge in [-0.25, -0.2) is 0 Å². The molecule has 1 heterocycles. The second-order valence-corrected chi connectivity index (χ2v) is 4.61. The molecule has 0 spiro atoms. The third kappa shape index (κ3) is 4.17. The van der Waals surface area contributed by atoms with Gasteiger partial charge in [-0.15, -0.1) is 0 Å². The summed E-state index contributed by atoms with van der Waals surface area (Å²) in [6.07, 6.45) is -4.11. The van der Waals surface area contributed by atoms with Gasteiger partial charge in [-0.2, -0.15) is 0 Å². The van der Waals surface area contributed by atoms with Crippen LogP contribution in [0.4, 0.5) is 0 Å². The first-order valence-electron chi connectivity index (χ1n) is 6.17. The molecule has 0 bridgehead atoms.